The highest BCUT2D eigenvalue weighted by Crippen LogP contribution is 2.22. The lowest BCUT2D eigenvalue weighted by molar-refractivity contribution is -0.119. The minimum Gasteiger partial charge on any atom is -0.360 e. The Labute approximate surface area is 94.3 Å². The predicted molar refractivity (Wildman–Crippen MR) is 63.1 cm³/mol. The summed E-state index contributed by atoms with van der Waals surface area (Å²) in [6, 6.07) is 0.614. The molecule has 84 valence electrons. The first-order chi connectivity index (χ1) is 7.15. The van der Waals surface area contributed by atoms with Gasteiger partial charge in [0.05, 0.1) is 12.1 Å². The second kappa shape index (κ2) is 4.43. The number of nitrogens with zero attached hydrogens (tertiary/aromatic N) is 1. The molecule has 4 nitrogen and oxygen atoms in total. The minimum atomic E-state index is 0.135. The molecule has 5 heteroatoms. The number of amidine groups is 1. The van der Waals surface area contributed by atoms with Crippen LogP contribution in [0.15, 0.2) is 4.99 Å². The van der Waals surface area contributed by atoms with E-state index in [0.717, 1.165) is 17.5 Å². The van der Waals surface area contributed by atoms with Crippen molar-refractivity contribution >= 4 is 22.8 Å². The van der Waals surface area contributed by atoms with E-state index in [1.165, 1.54) is 0 Å². The number of thioether (sulfide) groups is 1. The fraction of sp³-hybridized carbons (Fsp3) is 0.800. The third kappa shape index (κ3) is 2.65. The standard InChI is InChI=1S/C10H17N3OS/c1-6-5-15-10(12-7(6)2)13-8-3-9(14)11-4-8/h6-8H,3-5H2,1-2H3,(H,11,14)(H,12,13). The highest BCUT2D eigenvalue weighted by atomic mass is 32.2. The van der Waals surface area contributed by atoms with E-state index in [0.29, 0.717) is 18.4 Å². The molecule has 2 aliphatic heterocycles. The van der Waals surface area contributed by atoms with Crippen LogP contribution in [0.25, 0.3) is 0 Å². The van der Waals surface area contributed by atoms with Crippen molar-refractivity contribution in [3.05, 3.63) is 0 Å². The third-order valence-electron chi connectivity index (χ3n) is 2.93. The lowest BCUT2D eigenvalue weighted by atomic mass is 10.1. The highest BCUT2D eigenvalue weighted by molar-refractivity contribution is 8.13. The molecular weight excluding hydrogens is 210 g/mol. The van der Waals surface area contributed by atoms with Gasteiger partial charge >= 0.3 is 0 Å². The first-order valence-corrected chi connectivity index (χ1v) is 6.37. The van der Waals surface area contributed by atoms with Gasteiger partial charge in [-0.3, -0.25) is 9.79 Å². The molecular formula is C10H17N3OS. The molecule has 0 aromatic heterocycles. The van der Waals surface area contributed by atoms with Gasteiger partial charge in [0, 0.05) is 18.7 Å². The van der Waals surface area contributed by atoms with Gasteiger partial charge in [-0.15, -0.1) is 0 Å². The molecule has 15 heavy (non-hydrogen) atoms. The topological polar surface area (TPSA) is 53.5 Å². The van der Waals surface area contributed by atoms with Gasteiger partial charge in [-0.05, 0) is 12.8 Å². The molecule has 0 radical (unpaired) electrons. The Kier molecular flexibility index (Phi) is 3.19. The number of amides is 1. The fourth-order valence-electron chi connectivity index (χ4n) is 1.66. The van der Waals surface area contributed by atoms with Gasteiger partial charge in [0.15, 0.2) is 5.17 Å². The number of rotatable bonds is 1. The van der Waals surface area contributed by atoms with Crippen molar-refractivity contribution in [3.63, 3.8) is 0 Å². The highest BCUT2D eigenvalue weighted by Gasteiger charge is 2.25. The van der Waals surface area contributed by atoms with Gasteiger partial charge in [-0.25, -0.2) is 0 Å². The van der Waals surface area contributed by atoms with Crippen LogP contribution in [0, 0.1) is 5.92 Å². The molecule has 0 aromatic rings. The second-order valence-electron chi connectivity index (χ2n) is 4.31. The maximum atomic E-state index is 11.0. The normalized spacial score (nSPS) is 36.0. The van der Waals surface area contributed by atoms with E-state index < -0.39 is 0 Å². The van der Waals surface area contributed by atoms with E-state index in [1.54, 1.807) is 11.8 Å². The maximum Gasteiger partial charge on any atom is 0.222 e. The summed E-state index contributed by atoms with van der Waals surface area (Å²) < 4.78 is 0. The van der Waals surface area contributed by atoms with E-state index in [4.69, 9.17) is 0 Å². The zero-order valence-corrected chi connectivity index (χ0v) is 9.93. The lowest BCUT2D eigenvalue weighted by Gasteiger charge is -2.25. The van der Waals surface area contributed by atoms with Crippen LogP contribution in [-0.2, 0) is 4.79 Å². The van der Waals surface area contributed by atoms with Crippen molar-refractivity contribution in [2.45, 2.75) is 32.4 Å². The molecule has 0 aliphatic carbocycles. The average molecular weight is 227 g/mol. The van der Waals surface area contributed by atoms with E-state index in [2.05, 4.69) is 29.5 Å². The molecule has 2 N–H and O–H groups in total. The summed E-state index contributed by atoms with van der Waals surface area (Å²) in [6.45, 7) is 5.09. The van der Waals surface area contributed by atoms with Gasteiger partial charge < -0.3 is 10.6 Å². The summed E-state index contributed by atoms with van der Waals surface area (Å²) in [6.07, 6.45) is 0.573. The van der Waals surface area contributed by atoms with Crippen LogP contribution in [0.2, 0.25) is 0 Å². The third-order valence-corrected chi connectivity index (χ3v) is 4.12. The van der Waals surface area contributed by atoms with Crippen LogP contribution >= 0.6 is 11.8 Å². The molecule has 1 saturated heterocycles. The van der Waals surface area contributed by atoms with E-state index in [9.17, 15) is 4.79 Å². The monoisotopic (exact) mass is 227 g/mol. The van der Waals surface area contributed by atoms with Crippen LogP contribution in [0.5, 0.6) is 0 Å². The Hall–Kier alpha value is -0.710. The molecule has 0 saturated carbocycles. The summed E-state index contributed by atoms with van der Waals surface area (Å²) in [5.41, 5.74) is 0. The zero-order chi connectivity index (χ0) is 10.8. The van der Waals surface area contributed by atoms with E-state index in [1.807, 2.05) is 0 Å². The van der Waals surface area contributed by atoms with Crippen LogP contribution < -0.4 is 10.6 Å². The number of carbonyl (C=O) groups excluding carboxylic acids is 1. The van der Waals surface area contributed by atoms with Crippen LogP contribution in [0.4, 0.5) is 0 Å². The molecule has 2 rings (SSSR count). The first-order valence-electron chi connectivity index (χ1n) is 5.39. The Morgan fingerprint density at radius 2 is 2.33 bits per heavy atom. The van der Waals surface area contributed by atoms with Crippen LogP contribution in [-0.4, -0.2) is 35.5 Å². The quantitative estimate of drug-likeness (QED) is 0.689. The number of hydrogen-bond donors (Lipinski definition) is 2. The Morgan fingerprint density at radius 1 is 1.53 bits per heavy atom. The first kappa shape index (κ1) is 10.8. The van der Waals surface area contributed by atoms with Crippen molar-refractivity contribution in [2.75, 3.05) is 12.3 Å². The van der Waals surface area contributed by atoms with Crippen molar-refractivity contribution in [3.8, 4) is 0 Å². The average Bonchev–Trinajstić information content (AvgIpc) is 2.58. The summed E-state index contributed by atoms with van der Waals surface area (Å²) >= 11 is 1.76. The SMILES string of the molecule is CC1CSC(NC2CNC(=O)C2)=NC1C. The molecule has 0 spiro atoms. The smallest absolute Gasteiger partial charge is 0.222 e. The predicted octanol–water partition coefficient (Wildman–Crippen LogP) is 0.592. The minimum absolute atomic E-state index is 0.135. The van der Waals surface area contributed by atoms with Gasteiger partial charge in [-0.2, -0.15) is 0 Å². The Bertz CT molecular complexity index is 292. The van der Waals surface area contributed by atoms with Crippen molar-refractivity contribution in [1.82, 2.24) is 10.6 Å². The number of carbonyl (C=O) groups is 1. The van der Waals surface area contributed by atoms with Gasteiger partial charge in [0.2, 0.25) is 5.91 Å². The second-order valence-corrected chi connectivity index (χ2v) is 5.32. The molecule has 3 unspecified atom stereocenters. The van der Waals surface area contributed by atoms with E-state index >= 15 is 0 Å². The Morgan fingerprint density at radius 3 is 2.93 bits per heavy atom. The molecule has 2 heterocycles. The molecule has 2 aliphatic rings. The molecule has 1 fully saturated rings. The van der Waals surface area contributed by atoms with E-state index in [-0.39, 0.29) is 11.9 Å². The Balaban J connectivity index is 1.89. The largest absolute Gasteiger partial charge is 0.360 e. The van der Waals surface area contributed by atoms with Crippen molar-refractivity contribution in [1.29, 1.82) is 0 Å². The number of nitrogens with one attached hydrogen (secondary N) is 2. The summed E-state index contributed by atoms with van der Waals surface area (Å²) in [5.74, 6) is 1.89. The molecule has 0 bridgehead atoms. The number of aliphatic imine (C=N–C) groups is 1. The maximum absolute atomic E-state index is 11.0. The van der Waals surface area contributed by atoms with Gasteiger partial charge in [0.1, 0.15) is 0 Å². The lowest BCUT2D eigenvalue weighted by Crippen LogP contribution is -2.38. The molecule has 1 amide bonds. The molecule has 0 aromatic carbocycles. The van der Waals surface area contributed by atoms with Crippen LogP contribution in [0.1, 0.15) is 20.3 Å². The van der Waals surface area contributed by atoms with Crippen LogP contribution in [0.3, 0.4) is 0 Å². The summed E-state index contributed by atoms with van der Waals surface area (Å²) in [4.78, 5) is 15.6. The van der Waals surface area contributed by atoms with Crippen molar-refractivity contribution in [2.24, 2.45) is 10.9 Å². The van der Waals surface area contributed by atoms with Gasteiger partial charge in [0.25, 0.3) is 0 Å². The van der Waals surface area contributed by atoms with Gasteiger partial charge in [-0.1, -0.05) is 18.7 Å². The number of hydrogen-bond acceptors (Lipinski definition) is 4. The summed E-state index contributed by atoms with van der Waals surface area (Å²) in [5, 5.41) is 7.14. The molecule has 3 atom stereocenters. The van der Waals surface area contributed by atoms with Crippen molar-refractivity contribution < 1.29 is 4.79 Å². The fourth-order valence-corrected chi connectivity index (χ4v) is 2.85. The summed E-state index contributed by atoms with van der Waals surface area (Å²) in [7, 11) is 0. The zero-order valence-electron chi connectivity index (χ0n) is 9.12.